The van der Waals surface area contributed by atoms with Crippen molar-refractivity contribution in [3.05, 3.63) is 59.4 Å². The topological polar surface area (TPSA) is 72.7 Å². The van der Waals surface area contributed by atoms with Gasteiger partial charge in [0.2, 0.25) is 11.1 Å². The van der Waals surface area contributed by atoms with Crippen molar-refractivity contribution in [1.29, 1.82) is 0 Å². The van der Waals surface area contributed by atoms with Crippen molar-refractivity contribution in [3.63, 3.8) is 0 Å². The molecule has 0 aliphatic heterocycles. The highest BCUT2D eigenvalue weighted by Gasteiger charge is 2.20. The van der Waals surface area contributed by atoms with E-state index in [0.717, 1.165) is 11.8 Å². The fourth-order valence-corrected chi connectivity index (χ4v) is 3.04. The zero-order valence-electron chi connectivity index (χ0n) is 13.1. The van der Waals surface area contributed by atoms with E-state index in [1.807, 2.05) is 30.3 Å². The van der Waals surface area contributed by atoms with Gasteiger partial charge < -0.3 is 5.32 Å². The molecule has 1 atom stereocenters. The number of benzene rings is 2. The van der Waals surface area contributed by atoms with Gasteiger partial charge in [-0.15, -0.1) is 5.10 Å². The van der Waals surface area contributed by atoms with E-state index in [-0.39, 0.29) is 10.9 Å². The lowest BCUT2D eigenvalue weighted by Crippen LogP contribution is -2.23. The van der Waals surface area contributed by atoms with Crippen LogP contribution >= 0.6 is 23.4 Å². The summed E-state index contributed by atoms with van der Waals surface area (Å²) < 4.78 is 14.6. The molecule has 3 rings (SSSR count). The highest BCUT2D eigenvalue weighted by atomic mass is 35.5. The molecule has 0 aliphatic carbocycles. The number of carbonyl (C=O) groups is 1. The Morgan fingerprint density at radius 2 is 2.04 bits per heavy atom. The third-order valence-corrected chi connectivity index (χ3v) is 4.63. The Morgan fingerprint density at radius 3 is 2.76 bits per heavy atom. The van der Waals surface area contributed by atoms with Crippen LogP contribution in [0.25, 0.3) is 5.69 Å². The number of amides is 1. The molecule has 0 bridgehead atoms. The summed E-state index contributed by atoms with van der Waals surface area (Å²) in [6.07, 6.45) is 0. The molecule has 9 heteroatoms. The van der Waals surface area contributed by atoms with E-state index in [9.17, 15) is 9.18 Å². The molecular weight excluding hydrogens is 365 g/mol. The van der Waals surface area contributed by atoms with E-state index in [0.29, 0.717) is 10.8 Å². The van der Waals surface area contributed by atoms with Gasteiger partial charge in [0.05, 0.1) is 21.6 Å². The summed E-state index contributed by atoms with van der Waals surface area (Å²) in [5.74, 6) is -0.756. The summed E-state index contributed by atoms with van der Waals surface area (Å²) in [5, 5.41) is 14.4. The normalized spacial score (nSPS) is 12.0. The van der Waals surface area contributed by atoms with Gasteiger partial charge >= 0.3 is 0 Å². The Hall–Kier alpha value is -2.45. The molecule has 0 aliphatic rings. The van der Waals surface area contributed by atoms with Crippen LogP contribution in [0.3, 0.4) is 0 Å². The molecule has 0 saturated heterocycles. The number of para-hydroxylation sites is 1. The predicted molar refractivity (Wildman–Crippen MR) is 94.5 cm³/mol. The molecule has 0 fully saturated rings. The van der Waals surface area contributed by atoms with Gasteiger partial charge in [0.15, 0.2) is 0 Å². The van der Waals surface area contributed by atoms with Gasteiger partial charge in [-0.05, 0) is 47.7 Å². The van der Waals surface area contributed by atoms with Gasteiger partial charge in [0.25, 0.3) is 0 Å². The standard InChI is InChI=1S/C16H13ClFN5OS/c1-10(15(24)19-14-8-7-11(18)9-13(14)17)25-16-20-21-22-23(16)12-5-3-2-4-6-12/h2-10H,1H3,(H,19,24). The van der Waals surface area contributed by atoms with Crippen LogP contribution in [-0.4, -0.2) is 31.4 Å². The lowest BCUT2D eigenvalue weighted by Gasteiger charge is -2.12. The van der Waals surface area contributed by atoms with Crippen molar-refractivity contribution in [3.8, 4) is 5.69 Å². The average molecular weight is 378 g/mol. The Labute approximate surface area is 152 Å². The molecule has 1 amide bonds. The van der Waals surface area contributed by atoms with Gasteiger partial charge in [-0.1, -0.05) is 41.6 Å². The number of aromatic nitrogens is 4. The van der Waals surface area contributed by atoms with Crippen molar-refractivity contribution in [2.24, 2.45) is 0 Å². The first-order valence-corrected chi connectivity index (χ1v) is 8.57. The number of rotatable bonds is 5. The molecule has 1 heterocycles. The predicted octanol–water partition coefficient (Wildman–Crippen LogP) is 3.57. The lowest BCUT2D eigenvalue weighted by molar-refractivity contribution is -0.115. The molecule has 0 radical (unpaired) electrons. The van der Waals surface area contributed by atoms with Crippen molar-refractivity contribution in [2.75, 3.05) is 5.32 Å². The third kappa shape index (κ3) is 4.15. The number of thioether (sulfide) groups is 1. The molecule has 25 heavy (non-hydrogen) atoms. The number of carbonyl (C=O) groups excluding carboxylic acids is 1. The van der Waals surface area contributed by atoms with E-state index in [2.05, 4.69) is 20.8 Å². The maximum Gasteiger partial charge on any atom is 0.237 e. The SMILES string of the molecule is CC(Sc1nnnn1-c1ccccc1)C(=O)Nc1ccc(F)cc1Cl. The Bertz CT molecular complexity index is 889. The van der Waals surface area contributed by atoms with Gasteiger partial charge in [-0.3, -0.25) is 4.79 Å². The second-order valence-electron chi connectivity index (χ2n) is 5.08. The second kappa shape index (κ2) is 7.62. The summed E-state index contributed by atoms with van der Waals surface area (Å²) in [7, 11) is 0. The first-order valence-electron chi connectivity index (χ1n) is 7.31. The number of anilines is 1. The smallest absolute Gasteiger partial charge is 0.237 e. The van der Waals surface area contributed by atoms with Crippen molar-refractivity contribution in [2.45, 2.75) is 17.3 Å². The molecule has 1 unspecified atom stereocenters. The monoisotopic (exact) mass is 377 g/mol. The summed E-state index contributed by atoms with van der Waals surface area (Å²) in [6, 6.07) is 13.2. The first kappa shape index (κ1) is 17.4. The van der Waals surface area contributed by atoms with E-state index in [4.69, 9.17) is 11.6 Å². The summed E-state index contributed by atoms with van der Waals surface area (Å²) in [5.41, 5.74) is 1.15. The average Bonchev–Trinajstić information content (AvgIpc) is 3.06. The molecule has 2 aromatic carbocycles. The molecule has 3 aromatic rings. The molecule has 6 nitrogen and oxygen atoms in total. The minimum atomic E-state index is -0.491. The highest BCUT2D eigenvalue weighted by Crippen LogP contribution is 2.26. The zero-order chi connectivity index (χ0) is 17.8. The number of hydrogen-bond donors (Lipinski definition) is 1. The van der Waals surface area contributed by atoms with Crippen molar-refractivity contribution >= 4 is 35.0 Å². The van der Waals surface area contributed by atoms with Crippen molar-refractivity contribution in [1.82, 2.24) is 20.2 Å². The van der Waals surface area contributed by atoms with Crippen molar-refractivity contribution < 1.29 is 9.18 Å². The number of tetrazole rings is 1. The Kier molecular flexibility index (Phi) is 5.30. The molecular formula is C16H13ClFN5OS. The van der Waals surface area contributed by atoms with Crippen LogP contribution in [0, 0.1) is 5.82 Å². The van der Waals surface area contributed by atoms with Crippen LogP contribution in [0.1, 0.15) is 6.92 Å². The summed E-state index contributed by atoms with van der Waals surface area (Å²) in [6.45, 7) is 1.72. The summed E-state index contributed by atoms with van der Waals surface area (Å²) in [4.78, 5) is 12.4. The highest BCUT2D eigenvalue weighted by molar-refractivity contribution is 8.00. The maximum absolute atomic E-state index is 13.1. The van der Waals surface area contributed by atoms with E-state index < -0.39 is 11.1 Å². The van der Waals surface area contributed by atoms with E-state index >= 15 is 0 Å². The number of nitrogens with zero attached hydrogens (tertiary/aromatic N) is 4. The first-order chi connectivity index (χ1) is 12.0. The van der Waals surface area contributed by atoms with Crippen LogP contribution in [0.4, 0.5) is 10.1 Å². The lowest BCUT2D eigenvalue weighted by atomic mass is 10.3. The number of halogens is 2. The molecule has 128 valence electrons. The Balaban J connectivity index is 1.71. The largest absolute Gasteiger partial charge is 0.324 e. The van der Waals surface area contributed by atoms with Crippen LogP contribution in [0.5, 0.6) is 0 Å². The van der Waals surface area contributed by atoms with E-state index in [1.165, 1.54) is 23.9 Å². The van der Waals surface area contributed by atoms with Crippen LogP contribution in [-0.2, 0) is 4.79 Å². The van der Waals surface area contributed by atoms with Gasteiger partial charge in [0, 0.05) is 0 Å². The second-order valence-corrected chi connectivity index (χ2v) is 6.80. The quantitative estimate of drug-likeness (QED) is 0.688. The molecule has 0 saturated carbocycles. The minimum absolute atomic E-state index is 0.139. The number of nitrogens with one attached hydrogen (secondary N) is 1. The Morgan fingerprint density at radius 1 is 1.28 bits per heavy atom. The van der Waals surface area contributed by atoms with Gasteiger partial charge in [-0.2, -0.15) is 4.68 Å². The summed E-state index contributed by atoms with van der Waals surface area (Å²) >= 11 is 7.13. The fraction of sp³-hybridized carbons (Fsp3) is 0.125. The maximum atomic E-state index is 13.1. The fourth-order valence-electron chi connectivity index (χ4n) is 2.02. The molecule has 0 spiro atoms. The van der Waals surface area contributed by atoms with Crippen LogP contribution in [0.2, 0.25) is 5.02 Å². The third-order valence-electron chi connectivity index (χ3n) is 3.28. The zero-order valence-corrected chi connectivity index (χ0v) is 14.6. The van der Waals surface area contributed by atoms with E-state index in [1.54, 1.807) is 11.6 Å². The molecule has 1 N–H and O–H groups in total. The molecule has 1 aromatic heterocycles. The van der Waals surface area contributed by atoms with Crippen LogP contribution < -0.4 is 5.32 Å². The van der Waals surface area contributed by atoms with Gasteiger partial charge in [-0.25, -0.2) is 4.39 Å². The van der Waals surface area contributed by atoms with Gasteiger partial charge in [0.1, 0.15) is 5.82 Å². The number of hydrogen-bond acceptors (Lipinski definition) is 5. The van der Waals surface area contributed by atoms with Crippen LogP contribution in [0.15, 0.2) is 53.7 Å². The minimum Gasteiger partial charge on any atom is -0.324 e.